The molecule has 0 saturated carbocycles. The van der Waals surface area contributed by atoms with Crippen molar-refractivity contribution in [2.75, 3.05) is 0 Å². The SMILES string of the molecule is Cc1ccc(-c2cccc(C(=O)[O-])c2)c(-c2cc(Cl)ccc2OCc2ccccc2)c1.[Na+]. The number of hydrogen-bond acceptors (Lipinski definition) is 3. The van der Waals surface area contributed by atoms with Gasteiger partial charge in [-0.2, -0.15) is 0 Å². The molecule has 154 valence electrons. The van der Waals surface area contributed by atoms with Gasteiger partial charge in [0.05, 0.1) is 5.97 Å². The van der Waals surface area contributed by atoms with Crippen LogP contribution < -0.4 is 39.4 Å². The molecule has 0 amide bonds. The third kappa shape index (κ3) is 5.62. The van der Waals surface area contributed by atoms with Gasteiger partial charge in [0.15, 0.2) is 0 Å². The minimum atomic E-state index is -1.20. The Morgan fingerprint density at radius 2 is 1.62 bits per heavy atom. The third-order valence-corrected chi connectivity index (χ3v) is 5.29. The molecule has 4 rings (SSSR count). The smallest absolute Gasteiger partial charge is 0.545 e. The van der Waals surface area contributed by atoms with Crippen LogP contribution >= 0.6 is 11.6 Å². The summed E-state index contributed by atoms with van der Waals surface area (Å²) in [6, 6.07) is 28.3. The third-order valence-electron chi connectivity index (χ3n) is 5.05. The van der Waals surface area contributed by atoms with Gasteiger partial charge in [-0.15, -0.1) is 0 Å². The summed E-state index contributed by atoms with van der Waals surface area (Å²) in [5.74, 6) is -0.499. The Balaban J connectivity index is 0.00000289. The zero-order valence-corrected chi connectivity index (χ0v) is 20.7. The molecule has 0 saturated heterocycles. The van der Waals surface area contributed by atoms with Gasteiger partial charge < -0.3 is 14.6 Å². The van der Waals surface area contributed by atoms with Crippen LogP contribution in [-0.2, 0) is 6.61 Å². The Kier molecular flexibility index (Phi) is 8.16. The predicted octanol–water partition coefficient (Wildman–Crippen LogP) is 2.93. The summed E-state index contributed by atoms with van der Waals surface area (Å²) in [7, 11) is 0. The molecular weight excluding hydrogens is 431 g/mol. The van der Waals surface area contributed by atoms with E-state index in [-0.39, 0.29) is 35.1 Å². The summed E-state index contributed by atoms with van der Waals surface area (Å²) in [6.45, 7) is 2.44. The average molecular weight is 451 g/mol. The maximum Gasteiger partial charge on any atom is 1.00 e. The number of carboxylic acid groups (broad SMARTS) is 1. The van der Waals surface area contributed by atoms with Gasteiger partial charge in [0.2, 0.25) is 0 Å². The average Bonchev–Trinajstić information content (AvgIpc) is 2.79. The van der Waals surface area contributed by atoms with E-state index in [0.29, 0.717) is 17.4 Å². The van der Waals surface area contributed by atoms with Crippen molar-refractivity contribution in [3.05, 3.63) is 113 Å². The van der Waals surface area contributed by atoms with Gasteiger partial charge in [0.1, 0.15) is 12.4 Å². The second-order valence-corrected chi connectivity index (χ2v) is 7.77. The number of carbonyl (C=O) groups is 1. The molecule has 0 aliphatic carbocycles. The molecule has 3 nitrogen and oxygen atoms in total. The van der Waals surface area contributed by atoms with Gasteiger partial charge in [0.25, 0.3) is 0 Å². The molecule has 0 spiro atoms. The summed E-state index contributed by atoms with van der Waals surface area (Å²) >= 11 is 6.35. The number of ether oxygens (including phenoxy) is 1. The number of carboxylic acids is 1. The van der Waals surface area contributed by atoms with E-state index in [9.17, 15) is 9.90 Å². The molecule has 32 heavy (non-hydrogen) atoms. The summed E-state index contributed by atoms with van der Waals surface area (Å²) < 4.78 is 6.16. The summed E-state index contributed by atoms with van der Waals surface area (Å²) in [6.07, 6.45) is 0. The summed E-state index contributed by atoms with van der Waals surface area (Å²) in [5, 5.41) is 12.0. The minimum absolute atomic E-state index is 0. The Bertz CT molecular complexity index is 1240. The first-order valence-corrected chi connectivity index (χ1v) is 10.3. The van der Waals surface area contributed by atoms with Gasteiger partial charge in [-0.05, 0) is 59.0 Å². The Morgan fingerprint density at radius 3 is 2.38 bits per heavy atom. The van der Waals surface area contributed by atoms with Crippen LogP contribution in [0.4, 0.5) is 0 Å². The van der Waals surface area contributed by atoms with Crippen molar-refractivity contribution in [3.63, 3.8) is 0 Å². The molecule has 4 aromatic carbocycles. The monoisotopic (exact) mass is 450 g/mol. The van der Waals surface area contributed by atoms with E-state index in [1.807, 2.05) is 67.6 Å². The molecule has 0 fully saturated rings. The molecule has 0 aromatic heterocycles. The number of hydrogen-bond donors (Lipinski definition) is 0. The van der Waals surface area contributed by atoms with Crippen molar-refractivity contribution >= 4 is 17.6 Å². The maximum absolute atomic E-state index is 11.4. The fraction of sp³-hybridized carbons (Fsp3) is 0.0741. The van der Waals surface area contributed by atoms with Gasteiger partial charge in [0, 0.05) is 10.6 Å². The van der Waals surface area contributed by atoms with E-state index >= 15 is 0 Å². The Morgan fingerprint density at radius 1 is 0.844 bits per heavy atom. The standard InChI is InChI=1S/C27H21ClO3.Na/c1-18-10-12-23(20-8-5-9-21(15-20)27(29)30)24(14-18)25-16-22(28)11-13-26(25)31-17-19-6-3-2-4-7-19;/h2-16H,17H2,1H3,(H,29,30);/q;+1/p-1. The van der Waals surface area contributed by atoms with Crippen LogP contribution in [0.25, 0.3) is 22.3 Å². The molecule has 0 N–H and O–H groups in total. The van der Waals surface area contributed by atoms with Crippen LogP contribution in [0.1, 0.15) is 21.5 Å². The fourth-order valence-corrected chi connectivity index (χ4v) is 3.69. The summed E-state index contributed by atoms with van der Waals surface area (Å²) in [5.41, 5.74) is 5.71. The number of rotatable bonds is 6. The molecule has 0 bridgehead atoms. The van der Waals surface area contributed by atoms with Crippen molar-refractivity contribution in [1.29, 1.82) is 0 Å². The van der Waals surface area contributed by atoms with E-state index < -0.39 is 5.97 Å². The zero-order valence-electron chi connectivity index (χ0n) is 18.0. The largest absolute Gasteiger partial charge is 1.00 e. The van der Waals surface area contributed by atoms with Gasteiger partial charge in [-0.1, -0.05) is 83.9 Å². The second kappa shape index (κ2) is 10.8. The van der Waals surface area contributed by atoms with Gasteiger partial charge in [-0.3, -0.25) is 0 Å². The van der Waals surface area contributed by atoms with Crippen molar-refractivity contribution in [2.24, 2.45) is 0 Å². The predicted molar refractivity (Wildman–Crippen MR) is 122 cm³/mol. The number of aryl methyl sites for hydroxylation is 1. The molecule has 5 heteroatoms. The number of halogens is 1. The molecule has 0 aliphatic heterocycles. The second-order valence-electron chi connectivity index (χ2n) is 7.33. The summed E-state index contributed by atoms with van der Waals surface area (Å²) in [4.78, 5) is 11.4. The number of benzene rings is 4. The van der Waals surface area contributed by atoms with Crippen molar-refractivity contribution < 1.29 is 44.2 Å². The molecule has 0 radical (unpaired) electrons. The molecule has 4 aromatic rings. The van der Waals surface area contributed by atoms with E-state index in [1.54, 1.807) is 18.2 Å². The van der Waals surface area contributed by atoms with Gasteiger partial charge >= 0.3 is 29.6 Å². The van der Waals surface area contributed by atoms with Gasteiger partial charge in [-0.25, -0.2) is 0 Å². The topological polar surface area (TPSA) is 49.4 Å². The molecule has 0 aliphatic rings. The Labute approximate surface area is 214 Å². The van der Waals surface area contributed by atoms with Crippen LogP contribution in [0.3, 0.4) is 0 Å². The van der Waals surface area contributed by atoms with E-state index in [2.05, 4.69) is 6.07 Å². The molecule has 0 unspecified atom stereocenters. The normalized spacial score (nSPS) is 10.3. The first-order chi connectivity index (χ1) is 15.0. The van der Waals surface area contributed by atoms with Crippen molar-refractivity contribution in [3.8, 4) is 28.0 Å². The molecular formula is C27H20ClNaO3. The maximum atomic E-state index is 11.4. The first kappa shape index (κ1) is 24.1. The first-order valence-electron chi connectivity index (χ1n) is 9.90. The zero-order chi connectivity index (χ0) is 21.8. The van der Waals surface area contributed by atoms with Crippen molar-refractivity contribution in [1.82, 2.24) is 0 Å². The van der Waals surface area contributed by atoms with Crippen LogP contribution in [-0.4, -0.2) is 5.97 Å². The minimum Gasteiger partial charge on any atom is -0.545 e. The van der Waals surface area contributed by atoms with Crippen LogP contribution in [0.2, 0.25) is 5.02 Å². The Hall–Kier alpha value is -2.56. The van der Waals surface area contributed by atoms with Crippen LogP contribution in [0.15, 0.2) is 91.0 Å². The van der Waals surface area contributed by atoms with E-state index in [1.165, 1.54) is 6.07 Å². The quantitative estimate of drug-likeness (QED) is 0.424. The van der Waals surface area contributed by atoms with Crippen molar-refractivity contribution in [2.45, 2.75) is 13.5 Å². The van der Waals surface area contributed by atoms with E-state index in [4.69, 9.17) is 16.3 Å². The fourth-order valence-electron chi connectivity index (χ4n) is 3.52. The number of aromatic carboxylic acids is 1. The number of carbonyl (C=O) groups excluding carboxylic acids is 1. The van der Waals surface area contributed by atoms with E-state index in [0.717, 1.165) is 33.4 Å². The van der Waals surface area contributed by atoms with Crippen LogP contribution in [0.5, 0.6) is 5.75 Å². The molecule has 0 atom stereocenters. The van der Waals surface area contributed by atoms with Crippen LogP contribution in [0, 0.1) is 6.92 Å². The molecule has 0 heterocycles.